The van der Waals surface area contributed by atoms with Crippen molar-refractivity contribution in [3.8, 4) is 0 Å². The van der Waals surface area contributed by atoms with Crippen molar-refractivity contribution >= 4 is 94.4 Å². The molecule has 11 rings (SSSR count). The third-order valence-electron chi connectivity index (χ3n) is 24.9. The topological polar surface area (TPSA) is 514 Å². The van der Waals surface area contributed by atoms with Crippen LogP contribution in [0, 0.1) is 23.7 Å². The number of aliphatic imine (C=N–C) groups is 2. The molecule has 18 N–H and O–H groups in total. The first kappa shape index (κ1) is 94.6. The second-order valence-corrected chi connectivity index (χ2v) is 34.3. The number of fused-ring (bicyclic) bond motifs is 4. The molecule has 12 atom stereocenters. The summed E-state index contributed by atoms with van der Waals surface area (Å²) in [4.78, 5) is 216. The lowest BCUT2D eigenvalue weighted by Crippen LogP contribution is -2.60. The van der Waals surface area contributed by atoms with Crippen LogP contribution in [0.15, 0.2) is 107 Å². The molecular formula is C90H128N20O14. The van der Waals surface area contributed by atoms with Crippen LogP contribution in [-0.4, -0.2) is 219 Å². The van der Waals surface area contributed by atoms with Crippen LogP contribution in [0.3, 0.4) is 0 Å². The summed E-state index contributed by atoms with van der Waals surface area (Å²) in [6.07, 6.45) is 18.0. The van der Waals surface area contributed by atoms with Crippen LogP contribution in [0.1, 0.15) is 209 Å². The van der Waals surface area contributed by atoms with E-state index in [9.17, 15) is 62.3 Å². The molecule has 2 saturated carbocycles. The van der Waals surface area contributed by atoms with Crippen molar-refractivity contribution in [1.82, 2.24) is 72.5 Å². The van der Waals surface area contributed by atoms with Crippen molar-refractivity contribution < 1.29 is 67.1 Å². The number of carbonyl (C=O) groups excluding carboxylic acids is 14. The smallest absolute Gasteiger partial charge is 0.246 e. The Balaban J connectivity index is 0.000000260. The van der Waals surface area contributed by atoms with Gasteiger partial charge >= 0.3 is 0 Å². The molecule has 7 aliphatic rings. The summed E-state index contributed by atoms with van der Waals surface area (Å²) < 4.78 is 0. The summed E-state index contributed by atoms with van der Waals surface area (Å²) in [6.45, 7) is 4.05. The summed E-state index contributed by atoms with van der Waals surface area (Å²) in [7, 11) is 0. The number of hydrogen-bond donors (Lipinski definition) is 14. The number of aromatic amines is 1. The third-order valence-corrected chi connectivity index (χ3v) is 24.9. The third kappa shape index (κ3) is 28.7. The molecule has 0 unspecified atom stereocenters. The van der Waals surface area contributed by atoms with Crippen LogP contribution in [0.25, 0.3) is 0 Å². The molecule has 672 valence electrons. The monoisotopic (exact) mass is 1710 g/mol. The SMILES string of the molecule is CC(=O)N[C@@H](Cc1ccccc1)C(=O)N[C@H]1CCCNC(=O)[C@H](CCCN=C(N)N)CC(=O)[C@@H]2Cc3ccccc3CN2C(=O)[C@@H](CC2CCCCC2)NC(=O)[C@@H]2CCCN2C1=O.CC(=O)N[C@@H](Cc1ccccc1)C(=O)N[C@H]1CCCNC(=O)[C@H](CCCN=C(N)N)CC(=O)[C@H](Cc2cnc[nH]2)NC(=O)[C@@H](CC2CCCCC2)NC(=O)[C@@H]2CCCN2C1=O. The molecule has 6 fully saturated rings. The number of imidazole rings is 1. The molecular weight excluding hydrogens is 1590 g/mol. The zero-order valence-corrected chi connectivity index (χ0v) is 71.7. The maximum atomic E-state index is 15.1. The summed E-state index contributed by atoms with van der Waals surface area (Å²) in [5, 5.41) is 26.1. The van der Waals surface area contributed by atoms with Crippen LogP contribution >= 0.6 is 0 Å². The predicted molar refractivity (Wildman–Crippen MR) is 464 cm³/mol. The van der Waals surface area contributed by atoms with Crippen LogP contribution in [-0.2, 0) is 99.4 Å². The average molecular weight is 1710 g/mol. The van der Waals surface area contributed by atoms with Gasteiger partial charge in [-0.15, -0.1) is 0 Å². The number of ketones is 2. The number of rotatable bonds is 24. The zero-order chi connectivity index (χ0) is 88.6. The van der Waals surface area contributed by atoms with Crippen LogP contribution < -0.4 is 70.8 Å². The highest BCUT2D eigenvalue weighted by Gasteiger charge is 2.46. The molecule has 0 bridgehead atoms. The van der Waals surface area contributed by atoms with E-state index < -0.39 is 131 Å². The van der Waals surface area contributed by atoms with Crippen molar-refractivity contribution in [1.29, 1.82) is 0 Å². The van der Waals surface area contributed by atoms with E-state index in [0.29, 0.717) is 63.5 Å². The Bertz CT molecular complexity index is 4360. The fourth-order valence-electron chi connectivity index (χ4n) is 18.4. The molecule has 34 heteroatoms. The maximum Gasteiger partial charge on any atom is 0.246 e. The van der Waals surface area contributed by atoms with Gasteiger partial charge in [0, 0.05) is 122 Å². The highest BCUT2D eigenvalue weighted by atomic mass is 16.2. The van der Waals surface area contributed by atoms with E-state index in [2.05, 4.69) is 67.8 Å². The van der Waals surface area contributed by atoms with E-state index in [-0.39, 0.29) is 164 Å². The Morgan fingerprint density at radius 3 is 1.39 bits per heavy atom. The lowest BCUT2D eigenvalue weighted by atomic mass is 9.83. The number of nitrogens with two attached hydrogens (primary N) is 4. The van der Waals surface area contributed by atoms with E-state index >= 15 is 4.79 Å². The van der Waals surface area contributed by atoms with Crippen LogP contribution in [0.5, 0.6) is 0 Å². The minimum absolute atomic E-state index is 0.0787. The van der Waals surface area contributed by atoms with Crippen molar-refractivity contribution in [2.24, 2.45) is 56.6 Å². The number of guanidine groups is 2. The molecule has 4 aromatic rings. The Labute approximate surface area is 725 Å². The fraction of sp³-hybridized carbons (Fsp3) is 0.589. The normalized spacial score (nSPS) is 24.5. The number of hydrogen-bond acceptors (Lipinski definition) is 17. The summed E-state index contributed by atoms with van der Waals surface area (Å²) >= 11 is 0. The number of carbonyl (C=O) groups is 14. The van der Waals surface area contributed by atoms with Gasteiger partial charge in [-0.3, -0.25) is 77.1 Å². The van der Waals surface area contributed by atoms with Crippen molar-refractivity contribution in [2.45, 2.75) is 273 Å². The molecule has 34 nitrogen and oxygen atoms in total. The molecule has 1 aromatic heterocycles. The first-order chi connectivity index (χ1) is 59.7. The lowest BCUT2D eigenvalue weighted by molar-refractivity contribution is -0.147. The number of amides is 12. The van der Waals surface area contributed by atoms with Gasteiger partial charge in [0.05, 0.1) is 18.4 Å². The van der Waals surface area contributed by atoms with Gasteiger partial charge in [-0.05, 0) is 124 Å². The number of Topliss-reactive ketones (excluding diaryl/α,β-unsaturated/α-hetero) is 2. The van der Waals surface area contributed by atoms with E-state index in [0.717, 1.165) is 86.5 Å². The second-order valence-electron chi connectivity index (χ2n) is 34.3. The average Bonchev–Trinajstić information content (AvgIpc) is 0.901. The summed E-state index contributed by atoms with van der Waals surface area (Å²) in [6, 6.07) is 16.2. The van der Waals surface area contributed by atoms with Gasteiger partial charge in [-0.1, -0.05) is 149 Å². The van der Waals surface area contributed by atoms with Gasteiger partial charge in [-0.25, -0.2) is 4.98 Å². The molecule has 4 saturated heterocycles. The van der Waals surface area contributed by atoms with Gasteiger partial charge in [0.1, 0.15) is 48.3 Å². The van der Waals surface area contributed by atoms with Gasteiger partial charge in [0.25, 0.3) is 0 Å². The second kappa shape index (κ2) is 47.9. The molecule has 2 aliphatic carbocycles. The van der Waals surface area contributed by atoms with Gasteiger partial charge < -0.3 is 90.5 Å². The molecule has 5 aliphatic heterocycles. The first-order valence-corrected chi connectivity index (χ1v) is 44.6. The maximum absolute atomic E-state index is 15.1. The Kier molecular flexibility index (Phi) is 36.5. The number of aromatic nitrogens is 2. The molecule has 6 heterocycles. The van der Waals surface area contributed by atoms with Crippen LogP contribution in [0.4, 0.5) is 0 Å². The highest BCUT2D eigenvalue weighted by molar-refractivity contribution is 6.00. The Hall–Kier alpha value is -11.6. The number of nitrogens with zero attached hydrogens (tertiary/aromatic N) is 6. The predicted octanol–water partition coefficient (Wildman–Crippen LogP) is 2.81. The Morgan fingerprint density at radius 2 is 0.919 bits per heavy atom. The number of H-pyrrole nitrogens is 1. The van der Waals surface area contributed by atoms with Crippen molar-refractivity contribution in [3.05, 3.63) is 125 Å². The van der Waals surface area contributed by atoms with Crippen molar-refractivity contribution in [3.63, 3.8) is 0 Å². The van der Waals surface area contributed by atoms with E-state index in [1.165, 1.54) is 30.0 Å². The quantitative estimate of drug-likeness (QED) is 0.0272. The van der Waals surface area contributed by atoms with E-state index in [4.69, 9.17) is 22.9 Å². The van der Waals surface area contributed by atoms with Gasteiger partial charge in [0.2, 0.25) is 70.9 Å². The van der Waals surface area contributed by atoms with Gasteiger partial charge in [-0.2, -0.15) is 0 Å². The molecule has 0 spiro atoms. The summed E-state index contributed by atoms with van der Waals surface area (Å²) in [5.74, 6) is -7.50. The zero-order valence-electron chi connectivity index (χ0n) is 71.7. The standard InChI is InChI=1S/C47H65N9O7.C43H63N11O7/c1-30(57)52-37(25-31-13-4-2-5-14-31)43(60)53-36-20-11-22-50-42(59)34(19-10-23-51-47(48)49)28-41(58)40-27-33-17-8-9-18-35(33)29-56(40)46(63)38(26-32-15-6-3-7-16-32)54-44(61)39-21-12-24-55(39)45(36)62;1-27(55)50-34(21-28-11-4-2-5-12-28)39(58)51-32-16-9-18-47-38(57)30(15-8-19-48-43(44)45)23-37(56)33(24-31-25-46-26-49-31)52-40(59)35(22-29-13-6-3-7-14-29)53-41(60)36-17-10-20-54(36)42(32)61/h2,4-5,8-9,13-14,17-18,32,34,36-40H,3,6-7,10-12,15-16,19-29H2,1H3,(H,50,59)(H,52,57)(H,53,60)(H,54,61)(H4,48,49,51);2,4-5,11-12,25-26,29-30,32-36H,3,6-10,13-24H2,1H3,(H,46,49)(H,47,57)(H,50,55)(H,51,58)(H,52,59)(H,53,60)(H4,44,45,48)/t34-,36+,37+,38-,39+,40+;30-,32+,33+,34+,35-,36+/m11/s1. The molecule has 0 radical (unpaired) electrons. The number of benzene rings is 3. The van der Waals surface area contributed by atoms with E-state index in [1.807, 2.05) is 84.9 Å². The minimum Gasteiger partial charge on any atom is -0.370 e. The van der Waals surface area contributed by atoms with Gasteiger partial charge in [0.15, 0.2) is 23.5 Å². The fourth-order valence-corrected chi connectivity index (χ4v) is 18.4. The number of nitrogens with one attached hydrogen (secondary N) is 10. The summed E-state index contributed by atoms with van der Waals surface area (Å²) in [5.41, 5.74) is 26.3. The highest BCUT2D eigenvalue weighted by Crippen LogP contribution is 2.34. The van der Waals surface area contributed by atoms with Crippen molar-refractivity contribution in [2.75, 3.05) is 39.3 Å². The Morgan fingerprint density at radius 1 is 0.468 bits per heavy atom. The van der Waals surface area contributed by atoms with Crippen LogP contribution in [0.2, 0.25) is 0 Å². The van der Waals surface area contributed by atoms with E-state index in [1.54, 1.807) is 11.1 Å². The molecule has 124 heavy (non-hydrogen) atoms. The molecule has 3 aromatic carbocycles. The molecule has 12 amide bonds. The largest absolute Gasteiger partial charge is 0.370 e. The first-order valence-electron chi connectivity index (χ1n) is 44.6. The minimum atomic E-state index is -1.11. The lowest BCUT2D eigenvalue weighted by Gasteiger charge is -2.40.